The summed E-state index contributed by atoms with van der Waals surface area (Å²) in [5.74, 6) is 0.879. The number of carbonyl (C=O) groups is 1. The first kappa shape index (κ1) is 16.9. The molecule has 0 radical (unpaired) electrons. The van der Waals surface area contributed by atoms with Gasteiger partial charge in [0, 0.05) is 17.9 Å². The zero-order valence-electron chi connectivity index (χ0n) is 14.2. The van der Waals surface area contributed by atoms with Crippen LogP contribution in [-0.4, -0.2) is 22.4 Å². The fourth-order valence-corrected chi connectivity index (χ4v) is 2.15. The number of hydrogen-bond donors (Lipinski definition) is 2. The molecule has 0 saturated heterocycles. The van der Waals surface area contributed by atoms with Crippen molar-refractivity contribution < 1.29 is 4.79 Å². The van der Waals surface area contributed by atoms with Gasteiger partial charge in [-0.15, -0.1) is 0 Å². The van der Waals surface area contributed by atoms with E-state index in [1.807, 2.05) is 38.1 Å². The summed E-state index contributed by atoms with van der Waals surface area (Å²) in [5.41, 5.74) is 2.99. The van der Waals surface area contributed by atoms with E-state index in [9.17, 15) is 4.79 Å². The molecule has 2 N–H and O–H groups in total. The fourth-order valence-electron chi connectivity index (χ4n) is 2.15. The molecule has 2 aromatic rings. The monoisotopic (exact) mass is 312 g/mol. The van der Waals surface area contributed by atoms with Crippen LogP contribution in [-0.2, 0) is 0 Å². The largest absolute Gasteiger partial charge is 0.354 e. The maximum Gasteiger partial charge on any atom is 0.274 e. The zero-order valence-corrected chi connectivity index (χ0v) is 14.2. The van der Waals surface area contributed by atoms with E-state index in [0.717, 1.165) is 29.9 Å². The highest BCUT2D eigenvalue weighted by molar-refractivity contribution is 6.03. The molecule has 0 aliphatic heterocycles. The van der Waals surface area contributed by atoms with Gasteiger partial charge in [-0.3, -0.25) is 4.79 Å². The number of rotatable bonds is 6. The normalized spacial score (nSPS) is 10.7. The predicted molar refractivity (Wildman–Crippen MR) is 93.8 cm³/mol. The van der Waals surface area contributed by atoms with E-state index in [1.54, 1.807) is 6.07 Å². The third-order valence-electron chi connectivity index (χ3n) is 3.37. The summed E-state index contributed by atoms with van der Waals surface area (Å²) < 4.78 is 0. The summed E-state index contributed by atoms with van der Waals surface area (Å²) in [4.78, 5) is 21.0. The molecule has 1 aromatic heterocycles. The number of benzene rings is 1. The van der Waals surface area contributed by atoms with Gasteiger partial charge in [-0.1, -0.05) is 26.0 Å². The quantitative estimate of drug-likeness (QED) is 0.851. The van der Waals surface area contributed by atoms with E-state index in [0.29, 0.717) is 17.6 Å². The highest BCUT2D eigenvalue weighted by atomic mass is 16.1. The highest BCUT2D eigenvalue weighted by Gasteiger charge is 2.11. The van der Waals surface area contributed by atoms with Gasteiger partial charge in [-0.2, -0.15) is 0 Å². The van der Waals surface area contributed by atoms with Crippen LogP contribution in [0.2, 0.25) is 0 Å². The Balaban J connectivity index is 2.09. The smallest absolute Gasteiger partial charge is 0.274 e. The van der Waals surface area contributed by atoms with Crippen molar-refractivity contribution >= 4 is 17.5 Å². The summed E-state index contributed by atoms with van der Waals surface area (Å²) in [7, 11) is 0. The van der Waals surface area contributed by atoms with E-state index >= 15 is 0 Å². The molecule has 5 heteroatoms. The van der Waals surface area contributed by atoms with Gasteiger partial charge in [0.15, 0.2) is 0 Å². The van der Waals surface area contributed by atoms with Crippen molar-refractivity contribution in [3.8, 4) is 0 Å². The van der Waals surface area contributed by atoms with Crippen LogP contribution in [0.4, 0.5) is 11.6 Å². The average Bonchev–Trinajstić information content (AvgIpc) is 2.46. The lowest BCUT2D eigenvalue weighted by Gasteiger charge is -2.10. The van der Waals surface area contributed by atoms with Gasteiger partial charge in [0.25, 0.3) is 5.91 Å². The van der Waals surface area contributed by atoms with Crippen molar-refractivity contribution in [3.05, 3.63) is 47.3 Å². The number of nitrogens with one attached hydrogen (secondary N) is 2. The minimum Gasteiger partial charge on any atom is -0.354 e. The molecular formula is C18H24N4O. The average molecular weight is 312 g/mol. The Morgan fingerprint density at radius 1 is 1.17 bits per heavy atom. The molecule has 0 fully saturated rings. The van der Waals surface area contributed by atoms with Crippen LogP contribution in [0.3, 0.4) is 0 Å². The van der Waals surface area contributed by atoms with Crippen molar-refractivity contribution in [1.82, 2.24) is 9.97 Å². The molecule has 0 spiro atoms. The molecule has 0 saturated carbocycles. The number of amides is 1. The molecule has 122 valence electrons. The third kappa shape index (κ3) is 5.36. The molecule has 1 aromatic carbocycles. The molecule has 0 unspecified atom stereocenters. The number of aromatic nitrogens is 2. The summed E-state index contributed by atoms with van der Waals surface area (Å²) in [6.45, 7) is 8.97. The van der Waals surface area contributed by atoms with Gasteiger partial charge < -0.3 is 10.6 Å². The first-order valence-electron chi connectivity index (χ1n) is 7.91. The van der Waals surface area contributed by atoms with Crippen LogP contribution in [0.15, 0.2) is 30.3 Å². The topological polar surface area (TPSA) is 66.9 Å². The standard InChI is InChI=1S/C18H24N4O/c1-12(2)8-9-19-18-20-14(4)11-16(22-18)17(23)21-15-7-5-6-13(3)10-15/h5-7,10-12H,8-9H2,1-4H3,(H,21,23)(H,19,20,22). The SMILES string of the molecule is Cc1cccc(NC(=O)c2cc(C)nc(NCCC(C)C)n2)c1. The van der Waals surface area contributed by atoms with Crippen molar-refractivity contribution in [1.29, 1.82) is 0 Å². The van der Waals surface area contributed by atoms with Gasteiger partial charge in [0.05, 0.1) is 0 Å². The van der Waals surface area contributed by atoms with Gasteiger partial charge in [0.1, 0.15) is 5.69 Å². The Hall–Kier alpha value is -2.43. The molecule has 0 atom stereocenters. The Bertz CT molecular complexity index is 682. The Morgan fingerprint density at radius 3 is 2.65 bits per heavy atom. The number of nitrogens with zero attached hydrogens (tertiary/aromatic N) is 2. The first-order valence-corrected chi connectivity index (χ1v) is 7.91. The summed E-state index contributed by atoms with van der Waals surface area (Å²) >= 11 is 0. The summed E-state index contributed by atoms with van der Waals surface area (Å²) in [6.07, 6.45) is 1.03. The molecular weight excluding hydrogens is 288 g/mol. The van der Waals surface area contributed by atoms with Crippen molar-refractivity contribution in [3.63, 3.8) is 0 Å². The van der Waals surface area contributed by atoms with E-state index in [1.165, 1.54) is 0 Å². The molecule has 1 amide bonds. The van der Waals surface area contributed by atoms with Gasteiger partial charge >= 0.3 is 0 Å². The lowest BCUT2D eigenvalue weighted by Crippen LogP contribution is -2.16. The molecule has 0 aliphatic carbocycles. The number of aryl methyl sites for hydroxylation is 2. The first-order chi connectivity index (χ1) is 10.9. The Kier molecular flexibility index (Phi) is 5.68. The van der Waals surface area contributed by atoms with E-state index in [-0.39, 0.29) is 5.91 Å². The van der Waals surface area contributed by atoms with Crippen molar-refractivity contribution in [2.75, 3.05) is 17.2 Å². The second kappa shape index (κ2) is 7.72. The van der Waals surface area contributed by atoms with Crippen LogP contribution in [0.1, 0.15) is 42.0 Å². The van der Waals surface area contributed by atoms with Crippen molar-refractivity contribution in [2.45, 2.75) is 34.1 Å². The predicted octanol–water partition coefficient (Wildman–Crippen LogP) is 3.80. The molecule has 0 bridgehead atoms. The van der Waals surface area contributed by atoms with Crippen LogP contribution >= 0.6 is 0 Å². The summed E-state index contributed by atoms with van der Waals surface area (Å²) in [5, 5.41) is 6.05. The minimum absolute atomic E-state index is 0.229. The second-order valence-electron chi connectivity index (χ2n) is 6.15. The highest BCUT2D eigenvalue weighted by Crippen LogP contribution is 2.12. The fraction of sp³-hybridized carbons (Fsp3) is 0.389. The second-order valence-corrected chi connectivity index (χ2v) is 6.15. The summed E-state index contributed by atoms with van der Waals surface area (Å²) in [6, 6.07) is 9.38. The maximum atomic E-state index is 12.4. The van der Waals surface area contributed by atoms with Crippen LogP contribution in [0, 0.1) is 19.8 Å². The Labute approximate surface area is 137 Å². The van der Waals surface area contributed by atoms with E-state index in [4.69, 9.17) is 0 Å². The van der Waals surface area contributed by atoms with Gasteiger partial charge in [-0.25, -0.2) is 9.97 Å². The minimum atomic E-state index is -0.229. The number of anilines is 2. The molecule has 2 rings (SSSR count). The lowest BCUT2D eigenvalue weighted by atomic mass is 10.1. The van der Waals surface area contributed by atoms with Gasteiger partial charge in [0.2, 0.25) is 5.95 Å². The van der Waals surface area contributed by atoms with Crippen LogP contribution in [0.5, 0.6) is 0 Å². The number of hydrogen-bond acceptors (Lipinski definition) is 4. The van der Waals surface area contributed by atoms with Crippen LogP contribution < -0.4 is 10.6 Å². The third-order valence-corrected chi connectivity index (χ3v) is 3.37. The molecule has 0 aliphatic rings. The molecule has 1 heterocycles. The maximum absolute atomic E-state index is 12.4. The van der Waals surface area contributed by atoms with Gasteiger partial charge in [-0.05, 0) is 49.9 Å². The Morgan fingerprint density at radius 2 is 1.96 bits per heavy atom. The lowest BCUT2D eigenvalue weighted by molar-refractivity contribution is 0.102. The van der Waals surface area contributed by atoms with E-state index < -0.39 is 0 Å². The van der Waals surface area contributed by atoms with Crippen LogP contribution in [0.25, 0.3) is 0 Å². The van der Waals surface area contributed by atoms with E-state index in [2.05, 4.69) is 34.4 Å². The zero-order chi connectivity index (χ0) is 16.8. The molecule has 5 nitrogen and oxygen atoms in total. The molecule has 23 heavy (non-hydrogen) atoms. The number of carbonyl (C=O) groups excluding carboxylic acids is 1. The van der Waals surface area contributed by atoms with Crippen molar-refractivity contribution in [2.24, 2.45) is 5.92 Å².